The fourth-order valence-corrected chi connectivity index (χ4v) is 0.666. The van der Waals surface area contributed by atoms with Gasteiger partial charge in [0.1, 0.15) is 0 Å². The van der Waals surface area contributed by atoms with Crippen molar-refractivity contribution in [3.63, 3.8) is 0 Å². The van der Waals surface area contributed by atoms with Crippen molar-refractivity contribution in [1.82, 2.24) is 10.4 Å². The van der Waals surface area contributed by atoms with E-state index in [1.807, 2.05) is 6.92 Å². The molecular weight excluding hydrogens is 128 g/mol. The highest BCUT2D eigenvalue weighted by Gasteiger charge is 2.03. The normalized spacial score (nSPS) is 9.00. The zero-order valence-corrected chi connectivity index (χ0v) is 6.55. The van der Waals surface area contributed by atoms with E-state index in [-0.39, 0.29) is 5.91 Å². The van der Waals surface area contributed by atoms with Crippen molar-refractivity contribution in [2.45, 2.75) is 13.3 Å². The predicted octanol–water partition coefficient (Wildman–Crippen LogP) is 0.545. The Bertz CT molecular complexity index is 123. The molecule has 10 heavy (non-hydrogen) atoms. The number of hydrazine groups is 1. The van der Waals surface area contributed by atoms with E-state index in [0.717, 1.165) is 13.0 Å². The van der Waals surface area contributed by atoms with Crippen molar-refractivity contribution < 1.29 is 4.79 Å². The molecule has 0 aliphatic carbocycles. The molecule has 0 radical (unpaired) electrons. The molecule has 0 aromatic heterocycles. The Morgan fingerprint density at radius 2 is 2.40 bits per heavy atom. The molecule has 0 aromatic carbocycles. The van der Waals surface area contributed by atoms with Crippen molar-refractivity contribution in [2.75, 3.05) is 13.6 Å². The largest absolute Gasteiger partial charge is 0.275 e. The molecule has 0 heterocycles. The minimum absolute atomic E-state index is 0.0793. The van der Waals surface area contributed by atoms with E-state index < -0.39 is 0 Å². The summed E-state index contributed by atoms with van der Waals surface area (Å²) in [4.78, 5) is 10.9. The van der Waals surface area contributed by atoms with Crippen LogP contribution in [0.5, 0.6) is 0 Å². The van der Waals surface area contributed by atoms with E-state index >= 15 is 0 Å². The van der Waals surface area contributed by atoms with Crippen LogP contribution in [0.3, 0.4) is 0 Å². The number of nitrogens with one attached hydrogen (secondary N) is 1. The number of rotatable bonds is 4. The summed E-state index contributed by atoms with van der Waals surface area (Å²) in [5.74, 6) is -0.0793. The number of carbonyl (C=O) groups excluding carboxylic acids is 1. The summed E-state index contributed by atoms with van der Waals surface area (Å²) in [5, 5.41) is 1.52. The fraction of sp³-hybridized carbons (Fsp3) is 0.571. The maximum atomic E-state index is 10.9. The molecule has 0 unspecified atom stereocenters. The summed E-state index contributed by atoms with van der Waals surface area (Å²) in [6.45, 7) is 6.12. The van der Waals surface area contributed by atoms with Gasteiger partial charge in [-0.1, -0.05) is 13.5 Å². The molecule has 0 spiro atoms. The summed E-state index contributed by atoms with van der Waals surface area (Å²) >= 11 is 0. The van der Waals surface area contributed by atoms with Crippen molar-refractivity contribution in [3.05, 3.63) is 12.7 Å². The standard InChI is InChI=1S/C7H14N2O/c1-4-6-9(8-3)7(10)5-2/h5,8H,2,4,6H2,1,3H3. The third-order valence-corrected chi connectivity index (χ3v) is 1.16. The smallest absolute Gasteiger partial charge is 0.260 e. The molecule has 1 N–H and O–H groups in total. The Morgan fingerprint density at radius 3 is 2.70 bits per heavy atom. The summed E-state index contributed by atoms with van der Waals surface area (Å²) in [6, 6.07) is 0. The second-order valence-electron chi connectivity index (χ2n) is 1.92. The van der Waals surface area contributed by atoms with Crippen LogP contribution >= 0.6 is 0 Å². The minimum atomic E-state index is -0.0793. The van der Waals surface area contributed by atoms with Gasteiger partial charge in [0, 0.05) is 13.6 Å². The molecule has 0 saturated heterocycles. The van der Waals surface area contributed by atoms with Crippen LogP contribution in [0.1, 0.15) is 13.3 Å². The van der Waals surface area contributed by atoms with Crippen LogP contribution in [0.2, 0.25) is 0 Å². The van der Waals surface area contributed by atoms with Gasteiger partial charge in [-0.25, -0.2) is 5.43 Å². The van der Waals surface area contributed by atoms with Gasteiger partial charge in [0.2, 0.25) is 0 Å². The molecule has 0 aliphatic heterocycles. The second-order valence-corrected chi connectivity index (χ2v) is 1.92. The molecule has 0 saturated carbocycles. The molecule has 58 valence electrons. The van der Waals surface area contributed by atoms with E-state index in [2.05, 4.69) is 12.0 Å². The molecule has 0 atom stereocenters. The quantitative estimate of drug-likeness (QED) is 0.459. The lowest BCUT2D eigenvalue weighted by Crippen LogP contribution is -2.39. The monoisotopic (exact) mass is 142 g/mol. The van der Waals surface area contributed by atoms with Gasteiger partial charge < -0.3 is 0 Å². The van der Waals surface area contributed by atoms with Gasteiger partial charge >= 0.3 is 0 Å². The van der Waals surface area contributed by atoms with E-state index in [9.17, 15) is 4.79 Å². The van der Waals surface area contributed by atoms with Crippen LogP contribution < -0.4 is 5.43 Å². The van der Waals surface area contributed by atoms with Gasteiger partial charge in [-0.3, -0.25) is 9.80 Å². The van der Waals surface area contributed by atoms with Crippen LogP contribution in [0.4, 0.5) is 0 Å². The Kier molecular flexibility index (Phi) is 4.58. The maximum absolute atomic E-state index is 10.9. The predicted molar refractivity (Wildman–Crippen MR) is 41.3 cm³/mol. The molecule has 3 nitrogen and oxygen atoms in total. The molecule has 3 heteroatoms. The number of carbonyl (C=O) groups is 1. The summed E-state index contributed by atoms with van der Waals surface area (Å²) < 4.78 is 0. The van der Waals surface area contributed by atoms with E-state index in [1.54, 1.807) is 7.05 Å². The van der Waals surface area contributed by atoms with Crippen molar-refractivity contribution >= 4 is 5.91 Å². The van der Waals surface area contributed by atoms with Crippen molar-refractivity contribution in [1.29, 1.82) is 0 Å². The van der Waals surface area contributed by atoms with E-state index in [1.165, 1.54) is 11.1 Å². The topological polar surface area (TPSA) is 32.3 Å². The number of amides is 1. The van der Waals surface area contributed by atoms with E-state index in [4.69, 9.17) is 0 Å². The second kappa shape index (κ2) is 4.99. The highest BCUT2D eigenvalue weighted by atomic mass is 16.2. The Labute approximate surface area is 61.7 Å². The van der Waals surface area contributed by atoms with Crippen LogP contribution in [-0.2, 0) is 4.79 Å². The number of hydrogen-bond acceptors (Lipinski definition) is 2. The summed E-state index contributed by atoms with van der Waals surface area (Å²) in [5.41, 5.74) is 2.77. The van der Waals surface area contributed by atoms with Crippen molar-refractivity contribution in [3.8, 4) is 0 Å². The summed E-state index contributed by atoms with van der Waals surface area (Å²) in [7, 11) is 1.72. The molecule has 0 aliphatic rings. The lowest BCUT2D eigenvalue weighted by atomic mass is 10.4. The van der Waals surface area contributed by atoms with Gasteiger partial charge in [-0.15, -0.1) is 0 Å². The molecule has 0 rings (SSSR count). The fourth-order valence-electron chi connectivity index (χ4n) is 0.666. The average Bonchev–Trinajstić information content (AvgIpc) is 1.99. The van der Waals surface area contributed by atoms with Crippen LogP contribution in [0.15, 0.2) is 12.7 Å². The van der Waals surface area contributed by atoms with Gasteiger partial charge in [0.05, 0.1) is 0 Å². The summed E-state index contributed by atoms with van der Waals surface area (Å²) in [6.07, 6.45) is 2.24. The first-order chi connectivity index (χ1) is 4.76. The third-order valence-electron chi connectivity index (χ3n) is 1.16. The molecule has 0 aromatic rings. The SMILES string of the molecule is C=CC(=O)N(CCC)NC. The zero-order valence-electron chi connectivity index (χ0n) is 6.55. The number of nitrogens with zero attached hydrogens (tertiary/aromatic N) is 1. The van der Waals surface area contributed by atoms with Crippen LogP contribution in [0, 0.1) is 0 Å². The van der Waals surface area contributed by atoms with Gasteiger partial charge in [-0.2, -0.15) is 0 Å². The molecule has 1 amide bonds. The Morgan fingerprint density at radius 1 is 1.80 bits per heavy atom. The molecule has 0 fully saturated rings. The highest BCUT2D eigenvalue weighted by molar-refractivity contribution is 5.86. The first kappa shape index (κ1) is 9.17. The minimum Gasteiger partial charge on any atom is -0.275 e. The van der Waals surface area contributed by atoms with Gasteiger partial charge in [0.25, 0.3) is 5.91 Å². The van der Waals surface area contributed by atoms with Crippen LogP contribution in [-0.4, -0.2) is 24.5 Å². The lowest BCUT2D eigenvalue weighted by molar-refractivity contribution is -0.128. The highest BCUT2D eigenvalue weighted by Crippen LogP contribution is 1.86. The average molecular weight is 142 g/mol. The number of hydrogen-bond donors (Lipinski definition) is 1. The zero-order chi connectivity index (χ0) is 7.98. The van der Waals surface area contributed by atoms with E-state index in [0.29, 0.717) is 0 Å². The Balaban J connectivity index is 3.79. The molecular formula is C7H14N2O. The first-order valence-corrected chi connectivity index (χ1v) is 3.37. The maximum Gasteiger partial charge on any atom is 0.260 e. The third kappa shape index (κ3) is 2.64. The Hall–Kier alpha value is -0.830. The first-order valence-electron chi connectivity index (χ1n) is 3.37. The molecule has 0 bridgehead atoms. The van der Waals surface area contributed by atoms with Gasteiger partial charge in [0.15, 0.2) is 0 Å². The van der Waals surface area contributed by atoms with Crippen LogP contribution in [0.25, 0.3) is 0 Å². The lowest BCUT2D eigenvalue weighted by Gasteiger charge is -2.17. The van der Waals surface area contributed by atoms with Gasteiger partial charge in [-0.05, 0) is 12.5 Å². The van der Waals surface area contributed by atoms with Crippen molar-refractivity contribution in [2.24, 2.45) is 0 Å².